The molecule has 1 heterocycles. The third kappa shape index (κ3) is 3.97. The second kappa shape index (κ2) is 7.92. The molecule has 8 heteroatoms. The third-order valence-electron chi connectivity index (χ3n) is 3.62. The van der Waals surface area contributed by atoms with E-state index in [0.29, 0.717) is 17.5 Å². The van der Waals surface area contributed by atoms with Crippen molar-refractivity contribution in [2.45, 2.75) is 12.2 Å². The molecule has 0 saturated carbocycles. The van der Waals surface area contributed by atoms with E-state index in [1.807, 2.05) is 19.1 Å². The lowest BCUT2D eigenvalue weighted by Crippen LogP contribution is -2.19. The maximum atomic E-state index is 10.9. The van der Waals surface area contributed by atoms with Crippen LogP contribution in [0.4, 0.5) is 10.5 Å². The molecule has 3 rings (SSSR count). The minimum atomic E-state index is -0.625. The number of carbonyl (C=O) groups excluding carboxylic acids is 1. The van der Waals surface area contributed by atoms with Crippen molar-refractivity contribution in [1.29, 1.82) is 0 Å². The Balaban J connectivity index is 1.87. The smallest absolute Gasteiger partial charge is 0.316 e. The molecular weight excluding hydrogens is 352 g/mol. The molecule has 7 nitrogen and oxygen atoms in total. The lowest BCUT2D eigenvalue weighted by atomic mass is 10.1. The van der Waals surface area contributed by atoms with Crippen LogP contribution in [0.3, 0.4) is 0 Å². The van der Waals surface area contributed by atoms with Crippen LogP contribution in [-0.4, -0.2) is 27.1 Å². The molecule has 26 heavy (non-hydrogen) atoms. The summed E-state index contributed by atoms with van der Waals surface area (Å²) in [6.07, 6.45) is 0. The molecule has 4 N–H and O–H groups in total. The van der Waals surface area contributed by atoms with Gasteiger partial charge >= 0.3 is 6.03 Å². The topological polar surface area (TPSA) is 114 Å². The van der Waals surface area contributed by atoms with Crippen molar-refractivity contribution >= 4 is 23.5 Å². The van der Waals surface area contributed by atoms with Crippen LogP contribution in [0, 0.1) is 0 Å². The van der Waals surface area contributed by atoms with Crippen LogP contribution >= 0.6 is 11.8 Å². The van der Waals surface area contributed by atoms with Gasteiger partial charge in [0.25, 0.3) is 0 Å². The molecule has 0 radical (unpaired) electrons. The summed E-state index contributed by atoms with van der Waals surface area (Å²) < 4.78 is 5.85. The molecule has 0 saturated heterocycles. The summed E-state index contributed by atoms with van der Waals surface area (Å²) in [6.45, 7) is 2.03. The fourth-order valence-electron chi connectivity index (χ4n) is 2.47. The fraction of sp³-hybridized carbons (Fsp3) is 0.167. The number of phenolic OH excluding ortho intramolecular Hbond substituents is 1. The Labute approximate surface area is 154 Å². The highest BCUT2D eigenvalue weighted by atomic mass is 32.2. The molecule has 0 spiro atoms. The zero-order valence-corrected chi connectivity index (χ0v) is 14.9. The summed E-state index contributed by atoms with van der Waals surface area (Å²) in [4.78, 5) is 10.9. The molecule has 1 atom stereocenters. The predicted molar refractivity (Wildman–Crippen MR) is 101 cm³/mol. The number of anilines is 1. The van der Waals surface area contributed by atoms with Crippen LogP contribution in [-0.2, 0) is 0 Å². The Morgan fingerprint density at radius 3 is 2.62 bits per heavy atom. The summed E-state index contributed by atoms with van der Waals surface area (Å²) in [5.74, 6) is 1.81. The number of aromatic nitrogens is 2. The van der Waals surface area contributed by atoms with Gasteiger partial charge in [0.05, 0.1) is 0 Å². The Morgan fingerprint density at radius 1 is 1.23 bits per heavy atom. The number of hydrogen-bond acceptors (Lipinski definition) is 6. The number of hydrogen-bond donors (Lipinski definition) is 3. The minimum Gasteiger partial charge on any atom is -0.508 e. The number of nitrogens with two attached hydrogens (primary N) is 1. The van der Waals surface area contributed by atoms with Crippen molar-refractivity contribution in [3.05, 3.63) is 60.0 Å². The SMILES string of the molecule is CCSC(c1nnc(-c2ccc(NC(N)=O)cc2)o1)c1ccccc1O. The van der Waals surface area contributed by atoms with Crippen molar-refractivity contribution in [3.63, 3.8) is 0 Å². The lowest BCUT2D eigenvalue weighted by Gasteiger charge is -2.13. The quantitative estimate of drug-likeness (QED) is 0.608. The number of carbonyl (C=O) groups is 1. The van der Waals surface area contributed by atoms with Crippen LogP contribution in [0.1, 0.15) is 23.6 Å². The number of phenols is 1. The number of thioether (sulfide) groups is 1. The van der Waals surface area contributed by atoms with Crippen LogP contribution in [0.5, 0.6) is 5.75 Å². The number of rotatable bonds is 6. The van der Waals surface area contributed by atoms with Crippen LogP contribution in [0.2, 0.25) is 0 Å². The maximum Gasteiger partial charge on any atom is 0.316 e. The van der Waals surface area contributed by atoms with Crippen LogP contribution in [0.15, 0.2) is 52.9 Å². The highest BCUT2D eigenvalue weighted by Gasteiger charge is 2.23. The van der Waals surface area contributed by atoms with Gasteiger partial charge in [-0.3, -0.25) is 0 Å². The highest BCUT2D eigenvalue weighted by molar-refractivity contribution is 7.99. The predicted octanol–water partition coefficient (Wildman–Crippen LogP) is 3.78. The molecule has 0 fully saturated rings. The number of nitrogens with one attached hydrogen (secondary N) is 1. The maximum absolute atomic E-state index is 10.9. The molecule has 1 aromatic heterocycles. The van der Waals surface area contributed by atoms with Crippen LogP contribution in [0.25, 0.3) is 11.5 Å². The Kier molecular flexibility index (Phi) is 5.43. The van der Waals surface area contributed by atoms with Gasteiger partial charge in [-0.15, -0.1) is 22.0 Å². The molecule has 2 amide bonds. The molecule has 0 aliphatic carbocycles. The summed E-state index contributed by atoms with van der Waals surface area (Å²) in [6, 6.07) is 13.4. The monoisotopic (exact) mass is 370 g/mol. The highest BCUT2D eigenvalue weighted by Crippen LogP contribution is 2.39. The van der Waals surface area contributed by atoms with Crippen molar-refractivity contribution in [3.8, 4) is 17.2 Å². The molecule has 0 aliphatic rings. The van der Waals surface area contributed by atoms with E-state index in [1.54, 1.807) is 48.2 Å². The van der Waals surface area contributed by atoms with Crippen LogP contribution < -0.4 is 11.1 Å². The average molecular weight is 370 g/mol. The van der Waals surface area contributed by atoms with Gasteiger partial charge in [-0.1, -0.05) is 25.1 Å². The van der Waals surface area contributed by atoms with Gasteiger partial charge in [-0.05, 0) is 36.1 Å². The number of amides is 2. The van der Waals surface area contributed by atoms with Gasteiger partial charge in [0.1, 0.15) is 11.0 Å². The standard InChI is InChI=1S/C18H18N4O3S/c1-2-26-15(13-5-3-4-6-14(13)23)17-22-21-16(25-17)11-7-9-12(10-8-11)20-18(19)24/h3-10,15,23H,2H2,1H3,(H3,19,20,24). The molecule has 1 unspecified atom stereocenters. The van der Waals surface area contributed by atoms with E-state index in [2.05, 4.69) is 15.5 Å². The van der Waals surface area contributed by atoms with Crippen molar-refractivity contribution in [2.75, 3.05) is 11.1 Å². The van der Waals surface area contributed by atoms with E-state index in [4.69, 9.17) is 10.2 Å². The van der Waals surface area contributed by atoms with Crippen molar-refractivity contribution < 1.29 is 14.3 Å². The summed E-state index contributed by atoms with van der Waals surface area (Å²) in [7, 11) is 0. The van der Waals surface area contributed by atoms with E-state index >= 15 is 0 Å². The average Bonchev–Trinajstić information content (AvgIpc) is 3.10. The van der Waals surface area contributed by atoms with Gasteiger partial charge in [0, 0.05) is 16.8 Å². The molecule has 3 aromatic rings. The molecule has 0 aliphatic heterocycles. The van der Waals surface area contributed by atoms with E-state index in [0.717, 1.165) is 16.9 Å². The number of benzene rings is 2. The van der Waals surface area contributed by atoms with Gasteiger partial charge in [0.2, 0.25) is 11.8 Å². The first kappa shape index (κ1) is 17.8. The number of aromatic hydroxyl groups is 1. The third-order valence-corrected chi connectivity index (χ3v) is 4.74. The van der Waals surface area contributed by atoms with Gasteiger partial charge < -0.3 is 20.6 Å². The number of para-hydroxylation sites is 1. The van der Waals surface area contributed by atoms with E-state index < -0.39 is 6.03 Å². The Bertz CT molecular complexity index is 895. The van der Waals surface area contributed by atoms with Gasteiger partial charge in [-0.2, -0.15) is 0 Å². The van der Waals surface area contributed by atoms with Gasteiger partial charge in [-0.25, -0.2) is 4.79 Å². The van der Waals surface area contributed by atoms with Crippen molar-refractivity contribution in [2.24, 2.45) is 5.73 Å². The first-order valence-corrected chi connectivity index (χ1v) is 9.03. The van der Waals surface area contributed by atoms with Gasteiger partial charge in [0.15, 0.2) is 0 Å². The second-order valence-electron chi connectivity index (χ2n) is 5.41. The first-order valence-electron chi connectivity index (χ1n) is 7.98. The van der Waals surface area contributed by atoms with E-state index in [9.17, 15) is 9.90 Å². The molecule has 0 bridgehead atoms. The Morgan fingerprint density at radius 2 is 1.96 bits per heavy atom. The molecular formula is C18H18N4O3S. The van der Waals surface area contributed by atoms with Crippen molar-refractivity contribution in [1.82, 2.24) is 10.2 Å². The van der Waals surface area contributed by atoms with E-state index in [-0.39, 0.29) is 11.0 Å². The zero-order chi connectivity index (χ0) is 18.5. The summed E-state index contributed by atoms with van der Waals surface area (Å²) in [5.41, 5.74) is 7.12. The normalized spacial score (nSPS) is 11.9. The lowest BCUT2D eigenvalue weighted by molar-refractivity contribution is 0.259. The number of urea groups is 1. The Hall–Kier alpha value is -3.00. The first-order chi connectivity index (χ1) is 12.6. The van der Waals surface area contributed by atoms with E-state index in [1.165, 1.54) is 0 Å². The minimum absolute atomic E-state index is 0.195. The number of primary amides is 1. The fourth-order valence-corrected chi connectivity index (χ4v) is 3.42. The summed E-state index contributed by atoms with van der Waals surface area (Å²) >= 11 is 1.60. The molecule has 2 aromatic carbocycles. The largest absolute Gasteiger partial charge is 0.508 e. The second-order valence-corrected chi connectivity index (χ2v) is 6.79. The summed E-state index contributed by atoms with van der Waals surface area (Å²) in [5, 5.41) is 20.7. The zero-order valence-electron chi connectivity index (χ0n) is 14.0. The molecule has 134 valence electrons. The number of nitrogens with zero attached hydrogens (tertiary/aromatic N) is 2.